The summed E-state index contributed by atoms with van der Waals surface area (Å²) in [6.07, 6.45) is 5.04. The summed E-state index contributed by atoms with van der Waals surface area (Å²) in [5, 5.41) is 0.778. The summed E-state index contributed by atoms with van der Waals surface area (Å²) in [6, 6.07) is 11.8. The van der Waals surface area contributed by atoms with Crippen LogP contribution in [-0.2, 0) is 4.79 Å². The number of fused-ring (bicyclic) bond motifs is 3. The van der Waals surface area contributed by atoms with E-state index < -0.39 is 0 Å². The zero-order valence-corrected chi connectivity index (χ0v) is 18.5. The van der Waals surface area contributed by atoms with Crippen molar-refractivity contribution in [2.24, 2.45) is 4.99 Å². The first-order valence-electron chi connectivity index (χ1n) is 11.0. The molecule has 0 saturated carbocycles. The second-order valence-electron chi connectivity index (χ2n) is 8.47. The summed E-state index contributed by atoms with van der Waals surface area (Å²) >= 11 is 1.51. The average Bonchev–Trinajstić information content (AvgIpc) is 3.57. The van der Waals surface area contributed by atoms with Crippen LogP contribution in [0.25, 0.3) is 6.08 Å². The maximum Gasteiger partial charge on any atom is 0.239 e. The van der Waals surface area contributed by atoms with E-state index in [4.69, 9.17) is 23.9 Å². The molecular formula is C25H20N2O5S. The SMILES string of the molecule is O=C1CSC2=NC3=C(CCC/C3=C/c3ccc4c(c3)OCO4)[C@@H](c3ccc4c(c3)OCO4)N12. The minimum atomic E-state index is -0.176. The van der Waals surface area contributed by atoms with E-state index in [-0.39, 0.29) is 25.5 Å². The minimum Gasteiger partial charge on any atom is -0.454 e. The molecule has 33 heavy (non-hydrogen) atoms. The van der Waals surface area contributed by atoms with Gasteiger partial charge in [0.2, 0.25) is 19.5 Å². The third-order valence-corrected chi connectivity index (χ3v) is 7.48. The molecule has 2 aromatic carbocycles. The number of thioether (sulfide) groups is 1. The van der Waals surface area contributed by atoms with Gasteiger partial charge in [-0.3, -0.25) is 9.69 Å². The Kier molecular flexibility index (Phi) is 4.24. The van der Waals surface area contributed by atoms with E-state index in [9.17, 15) is 4.79 Å². The maximum absolute atomic E-state index is 12.9. The predicted molar refractivity (Wildman–Crippen MR) is 123 cm³/mol. The summed E-state index contributed by atoms with van der Waals surface area (Å²) < 4.78 is 22.1. The fourth-order valence-electron chi connectivity index (χ4n) is 5.06. The molecule has 1 aliphatic carbocycles. The topological polar surface area (TPSA) is 69.6 Å². The third kappa shape index (κ3) is 3.04. The molecule has 166 valence electrons. The lowest BCUT2D eigenvalue weighted by Crippen LogP contribution is -2.38. The Morgan fingerprint density at radius 3 is 2.55 bits per heavy atom. The second kappa shape index (κ2) is 7.31. The van der Waals surface area contributed by atoms with E-state index in [0.717, 1.165) is 64.3 Å². The van der Waals surface area contributed by atoms with Crippen LogP contribution in [0.5, 0.6) is 23.0 Å². The van der Waals surface area contributed by atoms with Crippen LogP contribution >= 0.6 is 11.8 Å². The molecule has 0 N–H and O–H groups in total. The lowest BCUT2D eigenvalue weighted by Gasteiger charge is -2.37. The Morgan fingerprint density at radius 1 is 0.939 bits per heavy atom. The summed E-state index contributed by atoms with van der Waals surface area (Å²) in [4.78, 5) is 19.8. The van der Waals surface area contributed by atoms with Gasteiger partial charge in [0.15, 0.2) is 28.2 Å². The number of carbonyl (C=O) groups excluding carboxylic acids is 1. The Bertz CT molecular complexity index is 1300. The number of hydrogen-bond acceptors (Lipinski definition) is 7. The van der Waals surface area contributed by atoms with Gasteiger partial charge in [-0.25, -0.2) is 4.99 Å². The molecule has 1 atom stereocenters. The molecule has 1 amide bonds. The molecule has 5 aliphatic rings. The molecule has 4 aliphatic heterocycles. The highest BCUT2D eigenvalue weighted by atomic mass is 32.2. The molecule has 2 aromatic rings. The van der Waals surface area contributed by atoms with E-state index in [0.29, 0.717) is 5.75 Å². The van der Waals surface area contributed by atoms with Crippen LogP contribution in [0.2, 0.25) is 0 Å². The van der Waals surface area contributed by atoms with Crippen molar-refractivity contribution in [3.05, 3.63) is 64.4 Å². The van der Waals surface area contributed by atoms with E-state index in [1.54, 1.807) is 0 Å². The van der Waals surface area contributed by atoms with Crippen LogP contribution in [0, 0.1) is 0 Å². The van der Waals surface area contributed by atoms with Gasteiger partial charge < -0.3 is 18.9 Å². The van der Waals surface area contributed by atoms with E-state index in [1.165, 1.54) is 22.9 Å². The van der Waals surface area contributed by atoms with Crippen molar-refractivity contribution in [2.75, 3.05) is 19.3 Å². The molecule has 8 heteroatoms. The number of amidine groups is 1. The van der Waals surface area contributed by atoms with Crippen LogP contribution in [0.15, 0.2) is 58.2 Å². The summed E-state index contributed by atoms with van der Waals surface area (Å²) in [6.45, 7) is 0.488. The average molecular weight is 461 g/mol. The van der Waals surface area contributed by atoms with Crippen molar-refractivity contribution in [1.29, 1.82) is 0 Å². The molecule has 0 bridgehead atoms. The molecular weight excluding hydrogens is 440 g/mol. The van der Waals surface area contributed by atoms with Crippen molar-refractivity contribution in [1.82, 2.24) is 4.90 Å². The Labute approximate surface area is 194 Å². The summed E-state index contributed by atoms with van der Waals surface area (Å²) in [5.41, 5.74) is 5.47. The predicted octanol–water partition coefficient (Wildman–Crippen LogP) is 4.65. The first kappa shape index (κ1) is 19.1. The molecule has 7 rings (SSSR count). The number of ether oxygens (including phenoxy) is 4. The fourth-order valence-corrected chi connectivity index (χ4v) is 5.96. The molecule has 1 fully saturated rings. The molecule has 0 unspecified atom stereocenters. The van der Waals surface area contributed by atoms with Crippen molar-refractivity contribution < 1.29 is 23.7 Å². The van der Waals surface area contributed by atoms with Crippen LogP contribution < -0.4 is 18.9 Å². The number of nitrogens with zero attached hydrogens (tertiary/aromatic N) is 2. The van der Waals surface area contributed by atoms with Gasteiger partial charge in [-0.2, -0.15) is 0 Å². The lowest BCUT2D eigenvalue weighted by molar-refractivity contribution is -0.125. The van der Waals surface area contributed by atoms with Gasteiger partial charge in [0.05, 0.1) is 17.5 Å². The van der Waals surface area contributed by atoms with Gasteiger partial charge in [0.25, 0.3) is 0 Å². The smallest absolute Gasteiger partial charge is 0.239 e. The molecule has 0 spiro atoms. The van der Waals surface area contributed by atoms with E-state index in [1.807, 2.05) is 41.3 Å². The minimum absolute atomic E-state index is 0.0971. The largest absolute Gasteiger partial charge is 0.454 e. The van der Waals surface area contributed by atoms with Gasteiger partial charge in [-0.1, -0.05) is 23.9 Å². The van der Waals surface area contributed by atoms with E-state index in [2.05, 4.69) is 6.08 Å². The van der Waals surface area contributed by atoms with E-state index >= 15 is 0 Å². The number of aliphatic imine (C=N–C) groups is 1. The fraction of sp³-hybridized carbons (Fsp3) is 0.280. The molecule has 4 heterocycles. The number of amides is 1. The van der Waals surface area contributed by atoms with Crippen molar-refractivity contribution >= 4 is 28.9 Å². The first-order valence-corrected chi connectivity index (χ1v) is 12.0. The highest BCUT2D eigenvalue weighted by Gasteiger charge is 2.42. The van der Waals surface area contributed by atoms with Crippen LogP contribution in [0.1, 0.15) is 36.4 Å². The standard InChI is InChI=1S/C25H20N2O5S/c28-22-11-33-25-26-23-15(8-14-4-6-18-20(9-14)31-12-29-18)2-1-3-17(23)24(27(22)25)16-5-7-19-21(10-16)32-13-30-19/h4-10,24H,1-3,11-13H2/b15-8-/t24-/m1/s1. The quantitative estimate of drug-likeness (QED) is 0.650. The zero-order valence-electron chi connectivity index (χ0n) is 17.7. The highest BCUT2D eigenvalue weighted by molar-refractivity contribution is 8.15. The number of carbonyl (C=O) groups is 1. The van der Waals surface area contributed by atoms with Crippen LogP contribution in [0.3, 0.4) is 0 Å². The van der Waals surface area contributed by atoms with Gasteiger partial charge in [-0.15, -0.1) is 0 Å². The number of allylic oxidation sites excluding steroid dienone is 1. The Balaban J connectivity index is 1.35. The maximum atomic E-state index is 12.9. The highest BCUT2D eigenvalue weighted by Crippen LogP contribution is 2.49. The lowest BCUT2D eigenvalue weighted by atomic mass is 9.83. The van der Waals surface area contributed by atoms with Crippen molar-refractivity contribution in [3.63, 3.8) is 0 Å². The molecule has 1 saturated heterocycles. The van der Waals surface area contributed by atoms with Crippen LogP contribution in [-0.4, -0.2) is 35.3 Å². The Hall–Kier alpha value is -3.39. The Morgan fingerprint density at radius 2 is 1.70 bits per heavy atom. The van der Waals surface area contributed by atoms with Gasteiger partial charge in [-0.05, 0) is 71.9 Å². The van der Waals surface area contributed by atoms with Crippen LogP contribution in [0.4, 0.5) is 0 Å². The third-order valence-electron chi connectivity index (χ3n) is 6.55. The van der Waals surface area contributed by atoms with Crippen molar-refractivity contribution in [3.8, 4) is 23.0 Å². The first-order chi connectivity index (χ1) is 16.2. The van der Waals surface area contributed by atoms with Gasteiger partial charge in [0, 0.05) is 0 Å². The summed E-state index contributed by atoms with van der Waals surface area (Å²) in [7, 11) is 0. The number of benzene rings is 2. The van der Waals surface area contributed by atoms with Gasteiger partial charge in [0.1, 0.15) is 0 Å². The normalized spacial score (nSPS) is 23.7. The number of hydrogen-bond donors (Lipinski definition) is 0. The molecule has 0 aromatic heterocycles. The summed E-state index contributed by atoms with van der Waals surface area (Å²) in [5.74, 6) is 3.53. The van der Waals surface area contributed by atoms with Gasteiger partial charge >= 0.3 is 0 Å². The molecule has 0 radical (unpaired) electrons. The monoisotopic (exact) mass is 460 g/mol. The van der Waals surface area contributed by atoms with Crippen molar-refractivity contribution in [2.45, 2.75) is 25.3 Å². The zero-order chi connectivity index (χ0) is 21.9. The number of rotatable bonds is 2. The molecule has 7 nitrogen and oxygen atoms in total. The second-order valence-corrected chi connectivity index (χ2v) is 9.41.